The van der Waals surface area contributed by atoms with Gasteiger partial charge in [0.05, 0.1) is 32.4 Å². The third kappa shape index (κ3) is 5.77. The number of likely N-dealkylation sites (tertiary alicyclic amines) is 1. The Hall–Kier alpha value is -3.52. The molecule has 0 radical (unpaired) electrons. The molecule has 0 saturated carbocycles. The summed E-state index contributed by atoms with van der Waals surface area (Å²) >= 11 is 0. The molecule has 1 atom stereocenters. The number of ketones is 1. The van der Waals surface area contributed by atoms with Crippen molar-refractivity contribution in [3.05, 3.63) is 59.2 Å². The number of methoxy groups -OCH3 is 2. The fourth-order valence-corrected chi connectivity index (χ4v) is 3.99. The van der Waals surface area contributed by atoms with Crippen LogP contribution in [0.4, 0.5) is 0 Å². The molecular weight excluding hydrogens is 448 g/mol. The number of carbonyl (C=O) groups excluding carboxylic acids is 2. The van der Waals surface area contributed by atoms with Crippen LogP contribution < -0.4 is 14.2 Å². The van der Waals surface area contributed by atoms with E-state index in [4.69, 9.17) is 14.2 Å². The number of benzene rings is 2. The zero-order valence-corrected chi connectivity index (χ0v) is 21.0. The van der Waals surface area contributed by atoms with Crippen LogP contribution >= 0.6 is 0 Å². The van der Waals surface area contributed by atoms with Crippen molar-refractivity contribution in [2.75, 3.05) is 48.0 Å². The topological polar surface area (TPSA) is 88.5 Å². The van der Waals surface area contributed by atoms with Gasteiger partial charge in [-0.05, 0) is 62.5 Å². The average Bonchev–Trinajstić information content (AvgIpc) is 3.12. The highest BCUT2D eigenvalue weighted by Gasteiger charge is 2.46. The summed E-state index contributed by atoms with van der Waals surface area (Å²) in [6, 6.07) is 11.3. The van der Waals surface area contributed by atoms with Gasteiger partial charge in [-0.15, -0.1) is 0 Å². The van der Waals surface area contributed by atoms with Crippen molar-refractivity contribution in [3.8, 4) is 17.2 Å². The van der Waals surface area contributed by atoms with Crippen molar-refractivity contribution in [1.82, 2.24) is 9.80 Å². The molecule has 8 heteroatoms. The number of amides is 1. The SMILES string of the molecule is CCCCOc1ccc(C(O)=C2C(=O)C(=O)N(CCN(C)C)[C@@H]2c2ccc(OC)c(OC)c2)cc1. The molecule has 1 fully saturated rings. The number of rotatable bonds is 11. The van der Waals surface area contributed by atoms with Crippen LogP contribution in [0, 0.1) is 0 Å². The summed E-state index contributed by atoms with van der Waals surface area (Å²) in [5.74, 6) is 0.0856. The van der Waals surface area contributed by atoms with E-state index >= 15 is 0 Å². The van der Waals surface area contributed by atoms with Crippen LogP contribution in [0.3, 0.4) is 0 Å². The minimum absolute atomic E-state index is 0.0422. The predicted molar refractivity (Wildman–Crippen MR) is 134 cm³/mol. The monoisotopic (exact) mass is 482 g/mol. The van der Waals surface area contributed by atoms with Crippen LogP contribution in [0.25, 0.3) is 5.76 Å². The first kappa shape index (κ1) is 26.1. The second-order valence-electron chi connectivity index (χ2n) is 8.64. The van der Waals surface area contributed by atoms with Crippen LogP contribution in [0.2, 0.25) is 0 Å². The van der Waals surface area contributed by atoms with Crippen molar-refractivity contribution in [1.29, 1.82) is 0 Å². The van der Waals surface area contributed by atoms with Crippen molar-refractivity contribution in [3.63, 3.8) is 0 Å². The molecule has 1 saturated heterocycles. The van der Waals surface area contributed by atoms with Gasteiger partial charge in [0.1, 0.15) is 11.5 Å². The molecule has 1 aliphatic heterocycles. The van der Waals surface area contributed by atoms with E-state index in [1.165, 1.54) is 19.1 Å². The molecule has 2 aromatic rings. The van der Waals surface area contributed by atoms with E-state index in [-0.39, 0.29) is 11.3 Å². The second kappa shape index (κ2) is 11.8. The standard InChI is InChI=1S/C27H34N2O6/c1-6-7-16-35-20-11-8-18(9-12-20)25(30)23-24(19-10-13-21(33-4)22(17-19)34-5)29(15-14-28(2)3)27(32)26(23)31/h8-13,17,24,30H,6-7,14-16H2,1-5H3/t24-/m1/s1. The lowest BCUT2D eigenvalue weighted by Gasteiger charge is -2.27. The highest BCUT2D eigenvalue weighted by molar-refractivity contribution is 6.46. The van der Waals surface area contributed by atoms with Gasteiger partial charge in [0.15, 0.2) is 11.5 Å². The Morgan fingerprint density at radius 3 is 2.31 bits per heavy atom. The van der Waals surface area contributed by atoms with Crippen molar-refractivity contribution in [2.24, 2.45) is 0 Å². The van der Waals surface area contributed by atoms with Crippen molar-refractivity contribution in [2.45, 2.75) is 25.8 Å². The third-order valence-corrected chi connectivity index (χ3v) is 5.95. The Morgan fingerprint density at radius 1 is 1.03 bits per heavy atom. The number of aliphatic hydroxyl groups is 1. The quantitative estimate of drug-likeness (QED) is 0.225. The van der Waals surface area contributed by atoms with E-state index in [0.717, 1.165) is 12.8 Å². The summed E-state index contributed by atoms with van der Waals surface area (Å²) in [7, 11) is 6.85. The fourth-order valence-electron chi connectivity index (χ4n) is 3.99. The molecule has 188 valence electrons. The molecule has 3 rings (SSSR count). The lowest BCUT2D eigenvalue weighted by atomic mass is 9.95. The number of carbonyl (C=O) groups is 2. The van der Waals surface area contributed by atoms with E-state index in [1.54, 1.807) is 42.5 Å². The first-order chi connectivity index (χ1) is 16.8. The first-order valence-corrected chi connectivity index (χ1v) is 11.7. The summed E-state index contributed by atoms with van der Waals surface area (Å²) in [6.07, 6.45) is 1.98. The number of nitrogens with zero attached hydrogens (tertiary/aromatic N) is 2. The Kier molecular flexibility index (Phi) is 8.76. The summed E-state index contributed by atoms with van der Waals surface area (Å²) in [5, 5.41) is 11.2. The highest BCUT2D eigenvalue weighted by Crippen LogP contribution is 2.42. The summed E-state index contributed by atoms with van der Waals surface area (Å²) in [4.78, 5) is 29.7. The molecule has 0 unspecified atom stereocenters. The molecule has 1 amide bonds. The largest absolute Gasteiger partial charge is 0.507 e. The van der Waals surface area contributed by atoms with Gasteiger partial charge in [0.2, 0.25) is 0 Å². The molecule has 35 heavy (non-hydrogen) atoms. The molecule has 0 spiro atoms. The Balaban J connectivity index is 2.06. The lowest BCUT2D eigenvalue weighted by molar-refractivity contribution is -0.140. The van der Waals surface area contributed by atoms with Gasteiger partial charge < -0.3 is 29.1 Å². The van der Waals surface area contributed by atoms with Crippen LogP contribution in [0.15, 0.2) is 48.0 Å². The lowest BCUT2D eigenvalue weighted by Crippen LogP contribution is -2.35. The van der Waals surface area contributed by atoms with Gasteiger partial charge in [0, 0.05) is 18.7 Å². The van der Waals surface area contributed by atoms with Crippen LogP contribution in [0.5, 0.6) is 17.2 Å². The molecule has 1 aliphatic rings. The van der Waals surface area contributed by atoms with Gasteiger partial charge >= 0.3 is 0 Å². The maximum atomic E-state index is 13.2. The second-order valence-corrected chi connectivity index (χ2v) is 8.64. The van der Waals surface area contributed by atoms with Gasteiger partial charge in [0.25, 0.3) is 11.7 Å². The van der Waals surface area contributed by atoms with Crippen LogP contribution in [0.1, 0.15) is 36.9 Å². The minimum atomic E-state index is -0.768. The van der Waals surface area contributed by atoms with Gasteiger partial charge in [-0.2, -0.15) is 0 Å². The van der Waals surface area contributed by atoms with Gasteiger partial charge in [-0.1, -0.05) is 19.4 Å². The maximum absolute atomic E-state index is 13.2. The zero-order valence-electron chi connectivity index (χ0n) is 21.0. The van der Waals surface area contributed by atoms with E-state index in [0.29, 0.717) is 48.1 Å². The Morgan fingerprint density at radius 2 is 1.71 bits per heavy atom. The third-order valence-electron chi connectivity index (χ3n) is 5.95. The smallest absolute Gasteiger partial charge is 0.295 e. The number of ether oxygens (including phenoxy) is 3. The molecule has 0 aromatic heterocycles. The van der Waals surface area contributed by atoms with E-state index in [9.17, 15) is 14.7 Å². The Bertz CT molecular complexity index is 1080. The normalized spacial score (nSPS) is 17.2. The fraction of sp³-hybridized carbons (Fsp3) is 0.407. The molecule has 1 N–H and O–H groups in total. The number of hydrogen-bond donors (Lipinski definition) is 1. The number of hydrogen-bond acceptors (Lipinski definition) is 7. The van der Waals surface area contributed by atoms with E-state index < -0.39 is 17.7 Å². The van der Waals surface area contributed by atoms with Crippen molar-refractivity contribution < 1.29 is 28.9 Å². The van der Waals surface area contributed by atoms with Gasteiger partial charge in [-0.25, -0.2) is 0 Å². The summed E-state index contributed by atoms with van der Waals surface area (Å²) in [5.41, 5.74) is 1.12. The summed E-state index contributed by atoms with van der Waals surface area (Å²) in [6.45, 7) is 3.57. The molecule has 0 bridgehead atoms. The first-order valence-electron chi connectivity index (χ1n) is 11.7. The number of aliphatic hydroxyl groups excluding tert-OH is 1. The molecule has 8 nitrogen and oxygen atoms in total. The predicted octanol–water partition coefficient (Wildman–Crippen LogP) is 3.87. The summed E-state index contributed by atoms with van der Waals surface area (Å²) < 4.78 is 16.5. The number of likely N-dealkylation sites (N-methyl/N-ethyl adjacent to an activating group) is 1. The number of unbranched alkanes of at least 4 members (excludes halogenated alkanes) is 1. The molecular formula is C27H34N2O6. The van der Waals surface area contributed by atoms with Crippen molar-refractivity contribution >= 4 is 17.4 Å². The maximum Gasteiger partial charge on any atom is 0.295 e. The Labute approximate surface area is 206 Å². The van der Waals surface area contributed by atoms with E-state index in [2.05, 4.69) is 6.92 Å². The van der Waals surface area contributed by atoms with Crippen LogP contribution in [-0.4, -0.2) is 74.6 Å². The zero-order chi connectivity index (χ0) is 25.5. The highest BCUT2D eigenvalue weighted by atomic mass is 16.5. The molecule has 1 heterocycles. The minimum Gasteiger partial charge on any atom is -0.507 e. The van der Waals surface area contributed by atoms with E-state index in [1.807, 2.05) is 19.0 Å². The molecule has 2 aromatic carbocycles. The average molecular weight is 483 g/mol. The van der Waals surface area contributed by atoms with Crippen LogP contribution in [-0.2, 0) is 9.59 Å². The number of Topliss-reactive ketones (excluding diaryl/α,β-unsaturated/α-hetero) is 1. The molecule has 0 aliphatic carbocycles. The van der Waals surface area contributed by atoms with Gasteiger partial charge in [-0.3, -0.25) is 9.59 Å².